The Balaban J connectivity index is 1.93. The molecule has 1 aromatic carbocycles. The summed E-state index contributed by atoms with van der Waals surface area (Å²) in [5.41, 5.74) is 5.21. The van der Waals surface area contributed by atoms with E-state index in [1.807, 2.05) is 0 Å². The molecule has 2 heterocycles. The summed E-state index contributed by atoms with van der Waals surface area (Å²) >= 11 is 0. The summed E-state index contributed by atoms with van der Waals surface area (Å²) in [6, 6.07) is 0.934. The number of nitrogens with two attached hydrogens (primary N) is 1. The SMILES string of the molecule is NC(=O)C(CCC=O)N1C(=O)c2cc(F)c(N3CC(C=O)C3)cc2C1=O. The lowest BCUT2D eigenvalue weighted by molar-refractivity contribution is -0.122. The van der Waals surface area contributed by atoms with Crippen molar-refractivity contribution >= 4 is 36.0 Å². The fourth-order valence-corrected chi connectivity index (χ4v) is 3.21. The van der Waals surface area contributed by atoms with Gasteiger partial charge in [-0.05, 0) is 18.6 Å². The molecular weight excluding hydrogens is 345 g/mol. The van der Waals surface area contributed by atoms with Crippen LogP contribution in [0.15, 0.2) is 12.1 Å². The second kappa shape index (κ2) is 6.66. The largest absolute Gasteiger partial charge is 0.368 e. The molecule has 0 aromatic heterocycles. The first-order valence-electron chi connectivity index (χ1n) is 8.03. The lowest BCUT2D eigenvalue weighted by atomic mass is 9.99. The number of hydrogen-bond donors (Lipinski definition) is 1. The Bertz CT molecular complexity index is 819. The van der Waals surface area contributed by atoms with Crippen LogP contribution in [0.5, 0.6) is 0 Å². The predicted octanol–water partition coefficient (Wildman–Crippen LogP) is -0.110. The minimum absolute atomic E-state index is 0.0293. The van der Waals surface area contributed by atoms with Crippen molar-refractivity contribution in [2.24, 2.45) is 11.7 Å². The first-order valence-corrected chi connectivity index (χ1v) is 8.03. The maximum absolute atomic E-state index is 14.4. The number of amides is 3. The molecular formula is C17H16FN3O5. The van der Waals surface area contributed by atoms with Gasteiger partial charge in [0.25, 0.3) is 11.8 Å². The molecule has 3 rings (SSSR count). The summed E-state index contributed by atoms with van der Waals surface area (Å²) < 4.78 is 14.4. The van der Waals surface area contributed by atoms with Gasteiger partial charge in [-0.2, -0.15) is 0 Å². The second-order valence-corrected chi connectivity index (χ2v) is 6.29. The lowest BCUT2D eigenvalue weighted by Gasteiger charge is -2.38. The molecule has 136 valence electrons. The molecule has 0 aliphatic carbocycles. The first kappa shape index (κ1) is 17.7. The molecule has 1 aromatic rings. The van der Waals surface area contributed by atoms with Crippen molar-refractivity contribution in [3.8, 4) is 0 Å². The van der Waals surface area contributed by atoms with Crippen LogP contribution in [0.4, 0.5) is 10.1 Å². The number of nitrogens with zero attached hydrogens (tertiary/aromatic N) is 2. The van der Waals surface area contributed by atoms with Gasteiger partial charge in [0.15, 0.2) is 0 Å². The number of anilines is 1. The molecule has 2 aliphatic rings. The Morgan fingerprint density at radius 3 is 2.38 bits per heavy atom. The van der Waals surface area contributed by atoms with Crippen LogP contribution >= 0.6 is 0 Å². The van der Waals surface area contributed by atoms with Crippen molar-refractivity contribution < 1.29 is 28.4 Å². The normalized spacial score (nSPS) is 17.7. The number of halogens is 1. The fraction of sp³-hybridized carbons (Fsp3) is 0.353. The molecule has 1 fully saturated rings. The fourth-order valence-electron chi connectivity index (χ4n) is 3.21. The number of fused-ring (bicyclic) bond motifs is 1. The molecule has 8 nitrogen and oxygen atoms in total. The van der Waals surface area contributed by atoms with E-state index in [-0.39, 0.29) is 35.6 Å². The van der Waals surface area contributed by atoms with E-state index in [4.69, 9.17) is 5.73 Å². The van der Waals surface area contributed by atoms with Crippen LogP contribution in [0, 0.1) is 11.7 Å². The maximum Gasteiger partial charge on any atom is 0.262 e. The first-order chi connectivity index (χ1) is 12.4. The highest BCUT2D eigenvalue weighted by molar-refractivity contribution is 6.23. The lowest BCUT2D eigenvalue weighted by Crippen LogP contribution is -2.48. The highest BCUT2D eigenvalue weighted by atomic mass is 19.1. The summed E-state index contributed by atoms with van der Waals surface area (Å²) in [5, 5.41) is 0. The summed E-state index contributed by atoms with van der Waals surface area (Å²) in [5.74, 6) is -3.38. The quantitative estimate of drug-likeness (QED) is 0.535. The second-order valence-electron chi connectivity index (χ2n) is 6.29. The molecule has 0 saturated carbocycles. The van der Waals surface area contributed by atoms with Gasteiger partial charge in [-0.1, -0.05) is 0 Å². The number of primary amides is 1. The highest BCUT2D eigenvalue weighted by Gasteiger charge is 2.43. The summed E-state index contributed by atoms with van der Waals surface area (Å²) in [7, 11) is 0. The van der Waals surface area contributed by atoms with Crippen molar-refractivity contribution in [2.75, 3.05) is 18.0 Å². The number of aldehydes is 2. The zero-order valence-electron chi connectivity index (χ0n) is 13.7. The number of benzene rings is 1. The van der Waals surface area contributed by atoms with Crippen molar-refractivity contribution in [2.45, 2.75) is 18.9 Å². The number of carbonyl (C=O) groups is 5. The smallest absolute Gasteiger partial charge is 0.262 e. The zero-order valence-corrected chi connectivity index (χ0v) is 13.7. The zero-order chi connectivity index (χ0) is 19.0. The van der Waals surface area contributed by atoms with Gasteiger partial charge in [0.2, 0.25) is 5.91 Å². The standard InChI is InChI=1S/C17H16FN3O5/c18-12-4-10-11(5-14(12)20-6-9(7-20)8-23)17(26)21(16(10)25)13(15(19)24)2-1-3-22/h3-5,8-9,13H,1-2,6-7H2,(H2,19,24). The number of carbonyl (C=O) groups excluding carboxylic acids is 5. The molecule has 0 spiro atoms. The van der Waals surface area contributed by atoms with E-state index >= 15 is 0 Å². The van der Waals surface area contributed by atoms with E-state index in [0.29, 0.717) is 24.3 Å². The molecule has 2 N–H and O–H groups in total. The topological polar surface area (TPSA) is 118 Å². The van der Waals surface area contributed by atoms with Crippen LogP contribution in [0.3, 0.4) is 0 Å². The van der Waals surface area contributed by atoms with Crippen LogP contribution in [0.2, 0.25) is 0 Å². The van der Waals surface area contributed by atoms with Crippen molar-refractivity contribution in [1.82, 2.24) is 4.90 Å². The van der Waals surface area contributed by atoms with Gasteiger partial charge in [0.1, 0.15) is 24.4 Å². The molecule has 2 aliphatic heterocycles. The number of imide groups is 1. The number of rotatable bonds is 7. The van der Waals surface area contributed by atoms with Gasteiger partial charge in [0, 0.05) is 25.4 Å². The molecule has 0 bridgehead atoms. The van der Waals surface area contributed by atoms with Gasteiger partial charge in [-0.25, -0.2) is 4.39 Å². The average molecular weight is 361 g/mol. The van der Waals surface area contributed by atoms with Gasteiger partial charge in [-0.3, -0.25) is 19.3 Å². The Hall–Kier alpha value is -3.10. The third-order valence-corrected chi connectivity index (χ3v) is 4.63. The van der Waals surface area contributed by atoms with Gasteiger partial charge in [-0.15, -0.1) is 0 Å². The van der Waals surface area contributed by atoms with E-state index < -0.39 is 29.6 Å². The van der Waals surface area contributed by atoms with Gasteiger partial charge < -0.3 is 20.2 Å². The maximum atomic E-state index is 14.4. The number of hydrogen-bond acceptors (Lipinski definition) is 6. The van der Waals surface area contributed by atoms with E-state index in [0.717, 1.165) is 12.4 Å². The Morgan fingerprint density at radius 1 is 1.23 bits per heavy atom. The van der Waals surface area contributed by atoms with Crippen LogP contribution in [0.1, 0.15) is 33.6 Å². The van der Waals surface area contributed by atoms with E-state index in [9.17, 15) is 28.4 Å². The Labute approximate surface area is 147 Å². The van der Waals surface area contributed by atoms with Crippen LogP contribution in [0.25, 0.3) is 0 Å². The minimum Gasteiger partial charge on any atom is -0.368 e. The third kappa shape index (κ3) is 2.75. The van der Waals surface area contributed by atoms with Crippen molar-refractivity contribution in [3.05, 3.63) is 29.1 Å². The van der Waals surface area contributed by atoms with Gasteiger partial charge in [0.05, 0.1) is 16.8 Å². The molecule has 3 amide bonds. The van der Waals surface area contributed by atoms with Crippen molar-refractivity contribution in [1.29, 1.82) is 0 Å². The average Bonchev–Trinajstić information content (AvgIpc) is 2.79. The Kier molecular flexibility index (Phi) is 4.54. The van der Waals surface area contributed by atoms with Crippen LogP contribution in [-0.2, 0) is 14.4 Å². The van der Waals surface area contributed by atoms with E-state index in [1.165, 1.54) is 6.07 Å². The molecule has 0 radical (unpaired) electrons. The monoisotopic (exact) mass is 361 g/mol. The molecule has 1 saturated heterocycles. The third-order valence-electron chi connectivity index (χ3n) is 4.63. The summed E-state index contributed by atoms with van der Waals surface area (Å²) in [4.78, 5) is 60.3. The van der Waals surface area contributed by atoms with Gasteiger partial charge >= 0.3 is 0 Å². The molecule has 1 unspecified atom stereocenters. The molecule has 26 heavy (non-hydrogen) atoms. The van der Waals surface area contributed by atoms with Crippen molar-refractivity contribution in [3.63, 3.8) is 0 Å². The predicted molar refractivity (Wildman–Crippen MR) is 86.9 cm³/mol. The summed E-state index contributed by atoms with van der Waals surface area (Å²) in [6.07, 6.45) is 1.19. The summed E-state index contributed by atoms with van der Waals surface area (Å²) in [6.45, 7) is 0.655. The Morgan fingerprint density at radius 2 is 1.85 bits per heavy atom. The molecule has 1 atom stereocenters. The molecule has 9 heteroatoms. The van der Waals surface area contributed by atoms with E-state index in [2.05, 4.69) is 0 Å². The van der Waals surface area contributed by atoms with E-state index in [1.54, 1.807) is 4.90 Å². The van der Waals surface area contributed by atoms with Crippen LogP contribution in [-0.4, -0.2) is 54.3 Å². The highest BCUT2D eigenvalue weighted by Crippen LogP contribution is 2.34. The minimum atomic E-state index is -1.28. The van der Waals surface area contributed by atoms with Crippen LogP contribution < -0.4 is 10.6 Å².